The number of aromatic amines is 1. The molecule has 0 aliphatic heterocycles. The van der Waals surface area contributed by atoms with Gasteiger partial charge in [0, 0.05) is 17.8 Å². The predicted octanol–water partition coefficient (Wildman–Crippen LogP) is 1.84. The SMILES string of the molecule is CCOC(=O)c1c(C)[nH]c(C(=O)NCc2cccc(C(N)=O)c2)c1C. The molecule has 0 unspecified atom stereocenters. The fraction of sp³-hybridized carbons (Fsp3) is 0.278. The summed E-state index contributed by atoms with van der Waals surface area (Å²) >= 11 is 0. The summed E-state index contributed by atoms with van der Waals surface area (Å²) in [7, 11) is 0. The quantitative estimate of drug-likeness (QED) is 0.694. The molecule has 0 bridgehead atoms. The Morgan fingerprint density at radius 3 is 2.60 bits per heavy atom. The van der Waals surface area contributed by atoms with Crippen molar-refractivity contribution >= 4 is 17.8 Å². The van der Waals surface area contributed by atoms with E-state index in [0.717, 1.165) is 5.56 Å². The average Bonchev–Trinajstić information content (AvgIpc) is 2.87. The summed E-state index contributed by atoms with van der Waals surface area (Å²) in [6, 6.07) is 6.71. The minimum Gasteiger partial charge on any atom is -0.462 e. The van der Waals surface area contributed by atoms with E-state index >= 15 is 0 Å². The van der Waals surface area contributed by atoms with Crippen LogP contribution >= 0.6 is 0 Å². The third-order valence-corrected chi connectivity index (χ3v) is 3.81. The third kappa shape index (κ3) is 4.06. The number of H-pyrrole nitrogens is 1. The zero-order chi connectivity index (χ0) is 18.6. The first-order chi connectivity index (χ1) is 11.8. The van der Waals surface area contributed by atoms with Crippen molar-refractivity contribution in [1.82, 2.24) is 10.3 Å². The fourth-order valence-electron chi connectivity index (χ4n) is 2.59. The lowest BCUT2D eigenvalue weighted by Crippen LogP contribution is -2.24. The highest BCUT2D eigenvalue weighted by atomic mass is 16.5. The van der Waals surface area contributed by atoms with Crippen LogP contribution in [0.3, 0.4) is 0 Å². The molecule has 132 valence electrons. The Morgan fingerprint density at radius 2 is 1.96 bits per heavy atom. The zero-order valence-electron chi connectivity index (χ0n) is 14.4. The molecule has 2 aromatic rings. The average molecular weight is 343 g/mol. The third-order valence-electron chi connectivity index (χ3n) is 3.81. The van der Waals surface area contributed by atoms with Crippen LogP contribution in [0, 0.1) is 13.8 Å². The van der Waals surface area contributed by atoms with E-state index in [1.807, 2.05) is 0 Å². The van der Waals surface area contributed by atoms with Gasteiger partial charge in [0.2, 0.25) is 5.91 Å². The molecule has 1 aromatic carbocycles. The molecule has 0 aliphatic carbocycles. The number of carbonyl (C=O) groups is 3. The number of amides is 2. The number of primary amides is 1. The standard InChI is InChI=1S/C18H21N3O4/c1-4-25-18(24)14-10(2)15(21-11(14)3)17(23)20-9-12-6-5-7-13(8-12)16(19)22/h5-8,21H,4,9H2,1-3H3,(H2,19,22)(H,20,23). The number of ether oxygens (including phenoxy) is 1. The van der Waals surface area contributed by atoms with Gasteiger partial charge in [-0.2, -0.15) is 0 Å². The molecule has 0 radical (unpaired) electrons. The van der Waals surface area contributed by atoms with E-state index in [1.54, 1.807) is 45.0 Å². The lowest BCUT2D eigenvalue weighted by molar-refractivity contribution is 0.0525. The molecule has 2 amide bonds. The van der Waals surface area contributed by atoms with Crippen LogP contribution in [0.15, 0.2) is 24.3 Å². The molecule has 1 heterocycles. The van der Waals surface area contributed by atoms with Crippen LogP contribution in [0.5, 0.6) is 0 Å². The number of hydrogen-bond donors (Lipinski definition) is 3. The van der Waals surface area contributed by atoms with Crippen molar-refractivity contribution in [2.45, 2.75) is 27.3 Å². The summed E-state index contributed by atoms with van der Waals surface area (Å²) < 4.78 is 5.01. The molecule has 4 N–H and O–H groups in total. The van der Waals surface area contributed by atoms with Crippen LogP contribution in [0.2, 0.25) is 0 Å². The minimum atomic E-state index is -0.525. The summed E-state index contributed by atoms with van der Waals surface area (Å²) in [6.45, 7) is 5.63. The number of nitrogens with one attached hydrogen (secondary N) is 2. The van der Waals surface area contributed by atoms with Gasteiger partial charge in [-0.3, -0.25) is 9.59 Å². The second-order valence-corrected chi connectivity index (χ2v) is 5.59. The van der Waals surface area contributed by atoms with E-state index in [2.05, 4.69) is 10.3 Å². The molecule has 0 saturated carbocycles. The van der Waals surface area contributed by atoms with E-state index in [9.17, 15) is 14.4 Å². The van der Waals surface area contributed by atoms with Crippen LogP contribution < -0.4 is 11.1 Å². The Hall–Kier alpha value is -3.09. The van der Waals surface area contributed by atoms with E-state index in [4.69, 9.17) is 10.5 Å². The van der Waals surface area contributed by atoms with Crippen molar-refractivity contribution in [3.05, 3.63) is 57.9 Å². The molecule has 0 saturated heterocycles. The first-order valence-corrected chi connectivity index (χ1v) is 7.88. The van der Waals surface area contributed by atoms with Crippen molar-refractivity contribution in [2.24, 2.45) is 5.73 Å². The number of aromatic nitrogens is 1. The molecule has 1 aromatic heterocycles. The van der Waals surface area contributed by atoms with Gasteiger partial charge in [-0.15, -0.1) is 0 Å². The van der Waals surface area contributed by atoms with E-state index in [0.29, 0.717) is 28.1 Å². The van der Waals surface area contributed by atoms with Gasteiger partial charge >= 0.3 is 5.97 Å². The normalized spacial score (nSPS) is 10.4. The predicted molar refractivity (Wildman–Crippen MR) is 92.4 cm³/mol. The Kier molecular flexibility index (Phi) is 5.59. The summed E-state index contributed by atoms with van der Waals surface area (Å²) in [5, 5.41) is 2.76. The maximum Gasteiger partial charge on any atom is 0.340 e. The fourth-order valence-corrected chi connectivity index (χ4v) is 2.59. The Balaban J connectivity index is 2.14. The zero-order valence-corrected chi connectivity index (χ0v) is 14.4. The van der Waals surface area contributed by atoms with E-state index in [1.165, 1.54) is 0 Å². The molecule has 25 heavy (non-hydrogen) atoms. The van der Waals surface area contributed by atoms with E-state index in [-0.39, 0.29) is 19.1 Å². The van der Waals surface area contributed by atoms with Gasteiger partial charge in [-0.05, 0) is 44.0 Å². The number of nitrogens with two attached hydrogens (primary N) is 1. The number of benzene rings is 1. The molecule has 0 atom stereocenters. The first-order valence-electron chi connectivity index (χ1n) is 7.88. The molecule has 7 heteroatoms. The van der Waals surface area contributed by atoms with Gasteiger partial charge in [0.1, 0.15) is 5.69 Å². The molecule has 7 nitrogen and oxygen atoms in total. The first kappa shape index (κ1) is 18.3. The smallest absolute Gasteiger partial charge is 0.340 e. The monoisotopic (exact) mass is 343 g/mol. The van der Waals surface area contributed by atoms with Gasteiger partial charge in [0.25, 0.3) is 5.91 Å². The van der Waals surface area contributed by atoms with Crippen molar-refractivity contribution in [2.75, 3.05) is 6.61 Å². The van der Waals surface area contributed by atoms with Gasteiger partial charge < -0.3 is 20.8 Å². The van der Waals surface area contributed by atoms with Gasteiger partial charge in [0.05, 0.1) is 12.2 Å². The van der Waals surface area contributed by atoms with Crippen molar-refractivity contribution in [3.8, 4) is 0 Å². The summed E-state index contributed by atoms with van der Waals surface area (Å²) in [6.07, 6.45) is 0. The molecule has 2 rings (SSSR count). The maximum absolute atomic E-state index is 12.4. The van der Waals surface area contributed by atoms with Crippen LogP contribution in [0.4, 0.5) is 0 Å². The highest BCUT2D eigenvalue weighted by Crippen LogP contribution is 2.19. The number of hydrogen-bond acceptors (Lipinski definition) is 4. The summed E-state index contributed by atoms with van der Waals surface area (Å²) in [5.74, 6) is -1.33. The van der Waals surface area contributed by atoms with Gasteiger partial charge in [-0.25, -0.2) is 4.79 Å². The van der Waals surface area contributed by atoms with Crippen LogP contribution in [0.1, 0.15) is 54.9 Å². The molecule has 0 fully saturated rings. The topological polar surface area (TPSA) is 114 Å². The second kappa shape index (κ2) is 7.65. The van der Waals surface area contributed by atoms with Crippen LogP contribution in [-0.2, 0) is 11.3 Å². The maximum atomic E-state index is 12.4. The number of rotatable bonds is 6. The molecule has 0 spiro atoms. The van der Waals surface area contributed by atoms with E-state index < -0.39 is 11.9 Å². The number of carbonyl (C=O) groups excluding carboxylic acids is 3. The van der Waals surface area contributed by atoms with Crippen LogP contribution in [0.25, 0.3) is 0 Å². The lowest BCUT2D eigenvalue weighted by atomic mass is 10.1. The molecular weight excluding hydrogens is 322 g/mol. The molecular formula is C18H21N3O4. The molecule has 0 aliphatic rings. The van der Waals surface area contributed by atoms with Crippen molar-refractivity contribution < 1.29 is 19.1 Å². The van der Waals surface area contributed by atoms with Crippen LogP contribution in [-0.4, -0.2) is 29.4 Å². The Labute approximate surface area is 145 Å². The largest absolute Gasteiger partial charge is 0.462 e. The van der Waals surface area contributed by atoms with Crippen molar-refractivity contribution in [3.63, 3.8) is 0 Å². The summed E-state index contributed by atoms with van der Waals surface area (Å²) in [5.41, 5.74) is 8.18. The minimum absolute atomic E-state index is 0.228. The lowest BCUT2D eigenvalue weighted by Gasteiger charge is -2.06. The highest BCUT2D eigenvalue weighted by Gasteiger charge is 2.22. The van der Waals surface area contributed by atoms with Gasteiger partial charge in [0.15, 0.2) is 0 Å². The number of esters is 1. The number of aryl methyl sites for hydroxylation is 1. The Bertz CT molecular complexity index is 824. The van der Waals surface area contributed by atoms with Crippen molar-refractivity contribution in [1.29, 1.82) is 0 Å². The Morgan fingerprint density at radius 1 is 1.24 bits per heavy atom. The summed E-state index contributed by atoms with van der Waals surface area (Å²) in [4.78, 5) is 38.5. The second-order valence-electron chi connectivity index (χ2n) is 5.59. The highest BCUT2D eigenvalue weighted by molar-refractivity contribution is 6.00. The van der Waals surface area contributed by atoms with Gasteiger partial charge in [-0.1, -0.05) is 12.1 Å².